The summed E-state index contributed by atoms with van der Waals surface area (Å²) in [5.41, 5.74) is 3.17. The maximum Gasteiger partial charge on any atom is 0.244 e. The van der Waals surface area contributed by atoms with Crippen LogP contribution in [-0.4, -0.2) is 42.5 Å². The van der Waals surface area contributed by atoms with Gasteiger partial charge in [-0.3, -0.25) is 0 Å². The van der Waals surface area contributed by atoms with Gasteiger partial charge >= 0.3 is 0 Å². The smallest absolute Gasteiger partial charge is 0.244 e. The van der Waals surface area contributed by atoms with Crippen LogP contribution in [0, 0.1) is 13.8 Å². The molecule has 0 aliphatic rings. The number of hydrogen-bond donors (Lipinski definition) is 0. The third kappa shape index (κ3) is 4.14. The predicted octanol–water partition coefficient (Wildman–Crippen LogP) is 3.53. The van der Waals surface area contributed by atoms with Crippen LogP contribution in [0.15, 0.2) is 34.1 Å². The van der Waals surface area contributed by atoms with Crippen molar-refractivity contribution in [1.29, 1.82) is 0 Å². The summed E-state index contributed by atoms with van der Waals surface area (Å²) < 4.78 is 27.6. The van der Waals surface area contributed by atoms with Gasteiger partial charge < -0.3 is 9.90 Å². The molecule has 0 amide bonds. The zero-order chi connectivity index (χ0) is 22.2. The summed E-state index contributed by atoms with van der Waals surface area (Å²) in [6.45, 7) is 8.03. The van der Waals surface area contributed by atoms with E-state index in [2.05, 4.69) is 4.98 Å². The maximum atomic E-state index is 13.1. The second-order valence-corrected chi connectivity index (χ2v) is 10.3. The lowest BCUT2D eigenvalue weighted by molar-refractivity contribution is -0.301. The molecular weight excluding hydrogens is 444 g/mol. The van der Waals surface area contributed by atoms with E-state index in [0.717, 1.165) is 28.3 Å². The van der Waals surface area contributed by atoms with Crippen LogP contribution < -0.4 is 5.11 Å². The molecule has 0 atom stereocenters. The molecule has 0 bridgehead atoms. The monoisotopic (exact) mass is 465 g/mol. The van der Waals surface area contributed by atoms with E-state index in [9.17, 15) is 18.3 Å². The van der Waals surface area contributed by atoms with Gasteiger partial charge in [0.2, 0.25) is 10.0 Å². The third-order valence-electron chi connectivity index (χ3n) is 4.88. The lowest BCUT2D eigenvalue weighted by Crippen LogP contribution is -2.30. The number of carbonyl (C=O) groups is 1. The van der Waals surface area contributed by atoms with Crippen molar-refractivity contribution in [3.63, 3.8) is 0 Å². The topological polar surface area (TPSA) is 90.4 Å². The number of carboxylic acids is 1. The van der Waals surface area contributed by atoms with Crippen LogP contribution in [0.25, 0.3) is 21.8 Å². The molecular formula is C21H22ClN2O4S2-. The van der Waals surface area contributed by atoms with E-state index < -0.39 is 16.0 Å². The van der Waals surface area contributed by atoms with Crippen molar-refractivity contribution in [2.75, 3.05) is 18.8 Å². The zero-order valence-electron chi connectivity index (χ0n) is 17.2. The second kappa shape index (κ2) is 8.70. The van der Waals surface area contributed by atoms with E-state index >= 15 is 0 Å². The molecule has 160 valence electrons. The molecule has 30 heavy (non-hydrogen) atoms. The highest BCUT2D eigenvalue weighted by Gasteiger charge is 2.26. The Kier molecular flexibility index (Phi) is 6.62. The number of aromatic nitrogens is 1. The van der Waals surface area contributed by atoms with Gasteiger partial charge in [0.1, 0.15) is 4.90 Å². The molecule has 6 nitrogen and oxygen atoms in total. The molecule has 0 saturated heterocycles. The van der Waals surface area contributed by atoms with Crippen LogP contribution in [0.2, 0.25) is 5.02 Å². The summed E-state index contributed by atoms with van der Waals surface area (Å²) in [5, 5.41) is 12.6. The van der Waals surface area contributed by atoms with Crippen LogP contribution in [0.4, 0.5) is 0 Å². The summed E-state index contributed by atoms with van der Waals surface area (Å²) in [6, 6.07) is 6.95. The van der Waals surface area contributed by atoms with Gasteiger partial charge in [-0.05, 0) is 43.2 Å². The molecule has 0 N–H and O–H groups in total. The molecule has 0 saturated carbocycles. The highest BCUT2D eigenvalue weighted by molar-refractivity contribution is 8.00. The third-order valence-corrected chi connectivity index (χ3v) is 8.49. The van der Waals surface area contributed by atoms with Crippen molar-refractivity contribution in [2.45, 2.75) is 37.5 Å². The minimum absolute atomic E-state index is 0.0124. The molecule has 2 aromatic carbocycles. The Balaban J connectivity index is 2.41. The Hall–Kier alpha value is -1.87. The molecule has 0 fully saturated rings. The molecule has 3 rings (SSSR count). The number of sulfonamides is 1. The Morgan fingerprint density at radius 2 is 1.80 bits per heavy atom. The number of pyridine rings is 1. The normalized spacial score (nSPS) is 12.2. The average Bonchev–Trinajstić information content (AvgIpc) is 2.64. The Bertz CT molecular complexity index is 1260. The summed E-state index contributed by atoms with van der Waals surface area (Å²) in [4.78, 5) is 16.5. The van der Waals surface area contributed by atoms with Crippen LogP contribution >= 0.6 is 23.4 Å². The van der Waals surface area contributed by atoms with E-state index in [1.54, 1.807) is 13.8 Å². The highest BCUT2D eigenvalue weighted by Crippen LogP contribution is 2.39. The van der Waals surface area contributed by atoms with Gasteiger partial charge in [0, 0.05) is 34.5 Å². The van der Waals surface area contributed by atoms with Gasteiger partial charge in [0.05, 0.1) is 22.0 Å². The van der Waals surface area contributed by atoms with Crippen LogP contribution in [0.3, 0.4) is 0 Å². The molecule has 0 spiro atoms. The largest absolute Gasteiger partial charge is 0.549 e. The SMILES string of the molecule is CCN(CC)S(=O)(=O)c1cc2c(SCC(=O)[O-])c3c(C)cc(C)cc3nc2cc1Cl. The van der Waals surface area contributed by atoms with Crippen LogP contribution in [0.5, 0.6) is 0 Å². The van der Waals surface area contributed by atoms with Gasteiger partial charge in [-0.15, -0.1) is 11.8 Å². The van der Waals surface area contributed by atoms with Crippen molar-refractivity contribution in [2.24, 2.45) is 0 Å². The minimum Gasteiger partial charge on any atom is -0.549 e. The van der Waals surface area contributed by atoms with E-state index in [1.165, 1.54) is 16.4 Å². The Labute approximate surface area is 185 Å². The zero-order valence-corrected chi connectivity index (χ0v) is 19.5. The quantitative estimate of drug-likeness (QED) is 0.391. The van der Waals surface area contributed by atoms with Crippen LogP contribution in [-0.2, 0) is 14.8 Å². The number of aliphatic carboxylic acids is 1. The van der Waals surface area contributed by atoms with Gasteiger partial charge in [0.25, 0.3) is 0 Å². The van der Waals surface area contributed by atoms with Crippen molar-refractivity contribution in [3.05, 3.63) is 40.4 Å². The van der Waals surface area contributed by atoms with Crippen molar-refractivity contribution in [3.8, 4) is 0 Å². The number of aryl methyl sites for hydroxylation is 2. The van der Waals surface area contributed by atoms with Gasteiger partial charge in [-0.1, -0.05) is 31.5 Å². The molecule has 0 aliphatic carbocycles. The molecule has 0 unspecified atom stereocenters. The number of carboxylic acid groups (broad SMARTS) is 1. The van der Waals surface area contributed by atoms with E-state index in [1.807, 2.05) is 26.0 Å². The fourth-order valence-electron chi connectivity index (χ4n) is 3.59. The predicted molar refractivity (Wildman–Crippen MR) is 120 cm³/mol. The van der Waals surface area contributed by atoms with Gasteiger partial charge in [-0.25, -0.2) is 13.4 Å². The number of carbonyl (C=O) groups excluding carboxylic acids is 1. The van der Waals surface area contributed by atoms with Crippen molar-refractivity contribution >= 4 is 61.2 Å². The fourth-order valence-corrected chi connectivity index (χ4v) is 6.56. The standard InChI is InChI=1S/C21H23ClN2O4S2/c1-5-24(6-2)30(27,28)18-9-14-16(10-15(18)22)23-17-8-12(3)7-13(4)20(17)21(14)29-11-19(25)26/h7-10H,5-6,11H2,1-4H3,(H,25,26)/p-1. The summed E-state index contributed by atoms with van der Waals surface area (Å²) in [7, 11) is -3.81. The molecule has 1 aromatic heterocycles. The fraction of sp³-hybridized carbons (Fsp3) is 0.333. The summed E-state index contributed by atoms with van der Waals surface area (Å²) in [6.07, 6.45) is 0. The molecule has 3 aromatic rings. The maximum absolute atomic E-state index is 13.1. The average molecular weight is 466 g/mol. The van der Waals surface area contributed by atoms with Crippen molar-refractivity contribution < 1.29 is 18.3 Å². The van der Waals surface area contributed by atoms with E-state index in [-0.39, 0.29) is 15.7 Å². The summed E-state index contributed by atoms with van der Waals surface area (Å²) in [5.74, 6) is -1.46. The van der Waals surface area contributed by atoms with E-state index in [4.69, 9.17) is 11.6 Å². The Morgan fingerprint density at radius 1 is 1.13 bits per heavy atom. The number of fused-ring (bicyclic) bond motifs is 2. The molecule has 1 heterocycles. The summed E-state index contributed by atoms with van der Waals surface area (Å²) >= 11 is 7.48. The molecule has 0 aliphatic heterocycles. The minimum atomic E-state index is -3.81. The molecule has 0 radical (unpaired) electrons. The number of hydrogen-bond acceptors (Lipinski definition) is 6. The van der Waals surface area contributed by atoms with Gasteiger partial charge in [0.15, 0.2) is 0 Å². The number of halogens is 1. The lowest BCUT2D eigenvalue weighted by atomic mass is 10.0. The second-order valence-electron chi connectivity index (χ2n) is 6.97. The number of nitrogens with zero attached hydrogens (tertiary/aromatic N) is 2. The number of thioether (sulfide) groups is 1. The first-order valence-corrected chi connectivity index (χ1v) is 12.3. The van der Waals surface area contributed by atoms with Crippen molar-refractivity contribution in [1.82, 2.24) is 9.29 Å². The highest BCUT2D eigenvalue weighted by atomic mass is 35.5. The molecule has 9 heteroatoms. The first kappa shape index (κ1) is 22.8. The first-order valence-electron chi connectivity index (χ1n) is 9.47. The lowest BCUT2D eigenvalue weighted by Gasteiger charge is -2.20. The van der Waals surface area contributed by atoms with Crippen LogP contribution in [0.1, 0.15) is 25.0 Å². The Morgan fingerprint density at radius 3 is 2.40 bits per heavy atom. The van der Waals surface area contributed by atoms with Gasteiger partial charge in [-0.2, -0.15) is 4.31 Å². The van der Waals surface area contributed by atoms with E-state index in [0.29, 0.717) is 34.4 Å². The first-order chi connectivity index (χ1) is 14.1. The number of rotatable bonds is 7. The number of benzene rings is 2.